The van der Waals surface area contributed by atoms with Crippen LogP contribution in [0.25, 0.3) is 11.4 Å². The number of carbonyl (C=O) groups excluding carboxylic acids is 1. The van der Waals surface area contributed by atoms with Crippen molar-refractivity contribution in [1.29, 1.82) is 0 Å². The molecule has 0 radical (unpaired) electrons. The van der Waals surface area contributed by atoms with Gasteiger partial charge in [-0.3, -0.25) is 14.3 Å². The van der Waals surface area contributed by atoms with Crippen LogP contribution in [-0.4, -0.2) is 38.5 Å². The van der Waals surface area contributed by atoms with Crippen LogP contribution in [0.4, 0.5) is 5.69 Å². The second-order valence-electron chi connectivity index (χ2n) is 5.51. The maximum atomic E-state index is 12.3. The predicted octanol–water partition coefficient (Wildman–Crippen LogP) is 3.27. The fraction of sp³-hybridized carbons (Fsp3) is 0.158. The van der Waals surface area contributed by atoms with Gasteiger partial charge in [0.15, 0.2) is 11.0 Å². The molecular formula is C19H19N5O2S. The molecule has 0 unspecified atom stereocenters. The van der Waals surface area contributed by atoms with Crippen molar-refractivity contribution in [1.82, 2.24) is 19.7 Å². The lowest BCUT2D eigenvalue weighted by Crippen LogP contribution is -2.14. The summed E-state index contributed by atoms with van der Waals surface area (Å²) in [5.74, 6) is 1.48. The number of nitrogens with zero attached hydrogens (tertiary/aromatic N) is 4. The number of ether oxygens (including phenoxy) is 1. The maximum Gasteiger partial charge on any atom is 0.234 e. The Kier molecular flexibility index (Phi) is 6.22. The number of amides is 1. The highest BCUT2D eigenvalue weighted by Gasteiger charge is 2.15. The first-order valence-corrected chi connectivity index (χ1v) is 9.21. The normalized spacial score (nSPS) is 10.4. The van der Waals surface area contributed by atoms with Crippen molar-refractivity contribution in [3.63, 3.8) is 0 Å². The van der Waals surface area contributed by atoms with Crippen molar-refractivity contribution in [2.45, 2.75) is 11.7 Å². The van der Waals surface area contributed by atoms with Crippen LogP contribution in [0.1, 0.15) is 0 Å². The van der Waals surface area contributed by atoms with Crippen molar-refractivity contribution in [3.05, 3.63) is 61.4 Å². The quantitative estimate of drug-likeness (QED) is 0.476. The number of nitrogens with one attached hydrogen (secondary N) is 1. The SMILES string of the molecule is C=CCn1c(SCC(=O)Nc2cccc(OC)c2)nnc1-c1ccncc1. The molecule has 0 saturated heterocycles. The third kappa shape index (κ3) is 4.73. The van der Waals surface area contributed by atoms with Crippen molar-refractivity contribution < 1.29 is 9.53 Å². The molecule has 0 spiro atoms. The average molecular weight is 381 g/mol. The van der Waals surface area contributed by atoms with Gasteiger partial charge in [0.2, 0.25) is 5.91 Å². The third-order valence-corrected chi connectivity index (χ3v) is 4.62. The molecule has 138 valence electrons. The largest absolute Gasteiger partial charge is 0.497 e. The zero-order valence-electron chi connectivity index (χ0n) is 14.8. The lowest BCUT2D eigenvalue weighted by atomic mass is 10.2. The van der Waals surface area contributed by atoms with E-state index < -0.39 is 0 Å². The van der Waals surface area contributed by atoms with E-state index >= 15 is 0 Å². The summed E-state index contributed by atoms with van der Waals surface area (Å²) < 4.78 is 7.08. The number of aromatic nitrogens is 4. The Bertz CT molecular complexity index is 927. The summed E-state index contributed by atoms with van der Waals surface area (Å²) in [7, 11) is 1.59. The maximum absolute atomic E-state index is 12.3. The minimum atomic E-state index is -0.133. The number of methoxy groups -OCH3 is 1. The Morgan fingerprint density at radius 3 is 2.85 bits per heavy atom. The molecule has 3 rings (SSSR count). The zero-order valence-corrected chi connectivity index (χ0v) is 15.6. The van der Waals surface area contributed by atoms with Gasteiger partial charge < -0.3 is 10.1 Å². The molecule has 0 saturated carbocycles. The molecule has 27 heavy (non-hydrogen) atoms. The molecule has 0 bridgehead atoms. The van der Waals surface area contributed by atoms with Gasteiger partial charge >= 0.3 is 0 Å². The van der Waals surface area contributed by atoms with Crippen molar-refractivity contribution >= 4 is 23.4 Å². The van der Waals surface area contributed by atoms with Crippen molar-refractivity contribution in [3.8, 4) is 17.1 Å². The van der Waals surface area contributed by atoms with E-state index in [1.54, 1.807) is 31.6 Å². The molecule has 0 aliphatic rings. The Hall–Kier alpha value is -3.13. The highest BCUT2D eigenvalue weighted by Crippen LogP contribution is 2.24. The van der Waals surface area contributed by atoms with E-state index in [2.05, 4.69) is 27.1 Å². The summed E-state index contributed by atoms with van der Waals surface area (Å²) in [5, 5.41) is 12.0. The predicted molar refractivity (Wildman–Crippen MR) is 106 cm³/mol. The number of thioether (sulfide) groups is 1. The zero-order chi connectivity index (χ0) is 19.1. The van der Waals surface area contributed by atoms with E-state index in [0.29, 0.717) is 29.0 Å². The third-order valence-electron chi connectivity index (χ3n) is 3.65. The fourth-order valence-corrected chi connectivity index (χ4v) is 3.18. The molecule has 3 aromatic rings. The number of hydrogen-bond acceptors (Lipinski definition) is 6. The number of anilines is 1. The van der Waals surface area contributed by atoms with E-state index in [0.717, 1.165) is 5.56 Å². The second kappa shape index (κ2) is 9.00. The number of hydrogen-bond donors (Lipinski definition) is 1. The van der Waals surface area contributed by atoms with Crippen LogP contribution < -0.4 is 10.1 Å². The summed E-state index contributed by atoms with van der Waals surface area (Å²) in [6, 6.07) is 11.0. The van der Waals surface area contributed by atoms with E-state index in [-0.39, 0.29) is 11.7 Å². The first-order chi connectivity index (χ1) is 13.2. The average Bonchev–Trinajstić information content (AvgIpc) is 3.10. The topological polar surface area (TPSA) is 81.9 Å². The summed E-state index contributed by atoms with van der Waals surface area (Å²) in [6.45, 7) is 4.34. The Labute approximate surface area is 161 Å². The van der Waals surface area contributed by atoms with Gasteiger partial charge in [-0.25, -0.2) is 0 Å². The van der Waals surface area contributed by atoms with E-state index in [4.69, 9.17) is 4.74 Å². The summed E-state index contributed by atoms with van der Waals surface area (Å²) >= 11 is 1.32. The molecular weight excluding hydrogens is 362 g/mol. The van der Waals surface area contributed by atoms with Crippen LogP contribution >= 0.6 is 11.8 Å². The molecule has 0 aliphatic carbocycles. The first-order valence-electron chi connectivity index (χ1n) is 8.22. The van der Waals surface area contributed by atoms with Crippen molar-refractivity contribution in [2.24, 2.45) is 0 Å². The van der Waals surface area contributed by atoms with Gasteiger partial charge in [0.05, 0.1) is 12.9 Å². The smallest absolute Gasteiger partial charge is 0.234 e. The summed E-state index contributed by atoms with van der Waals surface area (Å²) in [5.41, 5.74) is 1.59. The van der Waals surface area contributed by atoms with Gasteiger partial charge in [-0.1, -0.05) is 23.9 Å². The molecule has 1 amide bonds. The van der Waals surface area contributed by atoms with E-state index in [1.165, 1.54) is 11.8 Å². The van der Waals surface area contributed by atoms with Crippen LogP contribution in [0.3, 0.4) is 0 Å². The molecule has 2 heterocycles. The highest BCUT2D eigenvalue weighted by molar-refractivity contribution is 7.99. The van der Waals surface area contributed by atoms with Gasteiger partial charge in [0.25, 0.3) is 0 Å². The van der Waals surface area contributed by atoms with Crippen LogP contribution in [0.5, 0.6) is 5.75 Å². The minimum Gasteiger partial charge on any atom is -0.497 e. The molecule has 1 aromatic carbocycles. The molecule has 2 aromatic heterocycles. The molecule has 7 nitrogen and oxygen atoms in total. The van der Waals surface area contributed by atoms with Gasteiger partial charge in [-0.05, 0) is 24.3 Å². The summed E-state index contributed by atoms with van der Waals surface area (Å²) in [6.07, 6.45) is 5.18. The molecule has 1 N–H and O–H groups in total. The van der Waals surface area contributed by atoms with E-state index in [9.17, 15) is 4.79 Å². The number of allylic oxidation sites excluding steroid dienone is 1. The number of benzene rings is 1. The second-order valence-corrected chi connectivity index (χ2v) is 6.45. The van der Waals surface area contributed by atoms with Crippen LogP contribution in [0.15, 0.2) is 66.6 Å². The van der Waals surface area contributed by atoms with Gasteiger partial charge in [-0.15, -0.1) is 16.8 Å². The molecule has 0 aliphatic heterocycles. The number of carbonyl (C=O) groups is 1. The Morgan fingerprint density at radius 1 is 1.30 bits per heavy atom. The van der Waals surface area contributed by atoms with Crippen LogP contribution in [-0.2, 0) is 11.3 Å². The van der Waals surface area contributed by atoms with Crippen LogP contribution in [0, 0.1) is 0 Å². The van der Waals surface area contributed by atoms with Crippen molar-refractivity contribution in [2.75, 3.05) is 18.2 Å². The lowest BCUT2D eigenvalue weighted by Gasteiger charge is -2.08. The van der Waals surface area contributed by atoms with Gasteiger partial charge in [0, 0.05) is 36.3 Å². The standard InChI is InChI=1S/C19H19N5O2S/c1-3-11-24-18(14-7-9-20-10-8-14)22-23-19(24)27-13-17(25)21-15-5-4-6-16(12-15)26-2/h3-10,12H,1,11,13H2,2H3,(H,21,25). The monoisotopic (exact) mass is 381 g/mol. The Balaban J connectivity index is 1.69. The fourth-order valence-electron chi connectivity index (χ4n) is 2.43. The van der Waals surface area contributed by atoms with E-state index in [1.807, 2.05) is 34.9 Å². The minimum absolute atomic E-state index is 0.133. The Morgan fingerprint density at radius 2 is 2.11 bits per heavy atom. The number of pyridine rings is 1. The molecule has 0 fully saturated rings. The molecule has 8 heteroatoms. The van der Waals surface area contributed by atoms with Gasteiger partial charge in [0.1, 0.15) is 5.75 Å². The number of rotatable bonds is 8. The lowest BCUT2D eigenvalue weighted by molar-refractivity contribution is -0.113. The first kappa shape index (κ1) is 18.7. The molecule has 0 atom stereocenters. The van der Waals surface area contributed by atoms with Crippen LogP contribution in [0.2, 0.25) is 0 Å². The van der Waals surface area contributed by atoms with Gasteiger partial charge in [-0.2, -0.15) is 0 Å². The summed E-state index contributed by atoms with van der Waals surface area (Å²) in [4.78, 5) is 16.3. The highest BCUT2D eigenvalue weighted by atomic mass is 32.2.